The first kappa shape index (κ1) is 21.1. The Balaban J connectivity index is 2.01. The molecule has 1 aromatic carbocycles. The molecule has 0 saturated heterocycles. The molecule has 0 aliphatic heterocycles. The second-order valence-corrected chi connectivity index (χ2v) is 7.25. The Morgan fingerprint density at radius 1 is 1.36 bits per heavy atom. The number of ether oxygens (including phenoxy) is 2. The number of non-ortho nitro benzene ring substituents is 1. The number of carbonyl (C=O) groups excluding carboxylic acids is 1. The zero-order valence-electron chi connectivity index (χ0n) is 16.7. The first-order valence-electron chi connectivity index (χ1n) is 8.81. The fourth-order valence-corrected chi connectivity index (χ4v) is 2.30. The largest absolute Gasteiger partial charge is 0.491 e. The molecule has 0 N–H and O–H groups in total. The van der Waals surface area contributed by atoms with Gasteiger partial charge in [0.2, 0.25) is 0 Å². The van der Waals surface area contributed by atoms with Gasteiger partial charge in [0.05, 0.1) is 17.6 Å². The van der Waals surface area contributed by atoms with Gasteiger partial charge < -0.3 is 14.4 Å². The van der Waals surface area contributed by atoms with E-state index in [0.717, 1.165) is 0 Å². The van der Waals surface area contributed by atoms with E-state index in [1.165, 1.54) is 28.0 Å². The predicted molar refractivity (Wildman–Crippen MR) is 102 cm³/mol. The van der Waals surface area contributed by atoms with Gasteiger partial charge >= 0.3 is 6.09 Å². The molecule has 152 valence electrons. The Labute approximate surface area is 163 Å². The zero-order chi connectivity index (χ0) is 20.9. The number of amides is 1. The zero-order valence-corrected chi connectivity index (χ0v) is 16.7. The highest BCUT2D eigenvalue weighted by molar-refractivity contribution is 5.67. The van der Waals surface area contributed by atoms with Crippen LogP contribution >= 0.6 is 0 Å². The van der Waals surface area contributed by atoms with E-state index in [2.05, 4.69) is 10.1 Å². The van der Waals surface area contributed by atoms with E-state index in [1.807, 2.05) is 0 Å². The van der Waals surface area contributed by atoms with Gasteiger partial charge in [-0.3, -0.25) is 10.1 Å². The van der Waals surface area contributed by atoms with Gasteiger partial charge in [0.15, 0.2) is 5.75 Å². The molecule has 0 saturated carbocycles. The third-order valence-electron chi connectivity index (χ3n) is 3.61. The minimum Gasteiger partial charge on any atom is -0.491 e. The van der Waals surface area contributed by atoms with Gasteiger partial charge in [-0.1, -0.05) is 0 Å². The number of nitrogens with zero attached hydrogens (tertiary/aromatic N) is 5. The second kappa shape index (κ2) is 8.68. The van der Waals surface area contributed by atoms with Crippen molar-refractivity contribution in [1.29, 1.82) is 0 Å². The number of aromatic nitrogens is 3. The molecule has 2 rings (SSSR count). The van der Waals surface area contributed by atoms with Crippen molar-refractivity contribution >= 4 is 11.8 Å². The van der Waals surface area contributed by atoms with Crippen molar-refractivity contribution in [2.75, 3.05) is 20.2 Å². The molecule has 0 aliphatic carbocycles. The fraction of sp³-hybridized carbons (Fsp3) is 0.500. The number of nitro benzene ring substituents is 1. The monoisotopic (exact) mass is 391 g/mol. The molecule has 0 spiro atoms. The van der Waals surface area contributed by atoms with Gasteiger partial charge in [0.1, 0.15) is 23.4 Å². The summed E-state index contributed by atoms with van der Waals surface area (Å²) in [5.41, 5.74) is -0.0940. The summed E-state index contributed by atoms with van der Waals surface area (Å²) in [5.74, 6) is 0.891. The lowest BCUT2D eigenvalue weighted by Gasteiger charge is -2.24. The van der Waals surface area contributed by atoms with Gasteiger partial charge in [-0.15, -0.1) is 0 Å². The van der Waals surface area contributed by atoms with Crippen LogP contribution in [0.3, 0.4) is 0 Å². The maximum absolute atomic E-state index is 12.0. The van der Waals surface area contributed by atoms with Crippen molar-refractivity contribution in [1.82, 2.24) is 19.7 Å². The molecule has 1 heterocycles. The molecule has 28 heavy (non-hydrogen) atoms. The molecule has 0 fully saturated rings. The van der Waals surface area contributed by atoms with Crippen LogP contribution in [0.15, 0.2) is 24.5 Å². The second-order valence-electron chi connectivity index (χ2n) is 7.25. The molecule has 0 radical (unpaired) electrons. The smallest absolute Gasteiger partial charge is 0.410 e. The van der Waals surface area contributed by atoms with Crippen molar-refractivity contribution < 1.29 is 19.2 Å². The van der Waals surface area contributed by atoms with Gasteiger partial charge in [0, 0.05) is 19.7 Å². The Morgan fingerprint density at radius 2 is 2.07 bits per heavy atom. The normalized spacial score (nSPS) is 11.2. The number of hydrogen-bond acceptors (Lipinski definition) is 7. The van der Waals surface area contributed by atoms with E-state index in [9.17, 15) is 14.9 Å². The molecule has 0 aliphatic rings. The summed E-state index contributed by atoms with van der Waals surface area (Å²) in [4.78, 5) is 28.1. The highest BCUT2D eigenvalue weighted by Crippen LogP contribution is 2.27. The van der Waals surface area contributed by atoms with Crippen LogP contribution in [-0.4, -0.2) is 56.5 Å². The van der Waals surface area contributed by atoms with Crippen LogP contribution in [0.1, 0.15) is 33.0 Å². The van der Waals surface area contributed by atoms with E-state index in [0.29, 0.717) is 30.2 Å². The Hall–Kier alpha value is -3.17. The number of benzene rings is 1. The molecule has 1 amide bonds. The molecule has 10 heteroatoms. The van der Waals surface area contributed by atoms with Gasteiger partial charge in [-0.05, 0) is 40.2 Å². The van der Waals surface area contributed by atoms with E-state index in [1.54, 1.807) is 40.8 Å². The number of nitro groups is 1. The molecular formula is C18H25N5O5. The number of carbonyl (C=O) groups is 1. The summed E-state index contributed by atoms with van der Waals surface area (Å²) in [6.45, 7) is 7.83. The molecule has 2 aromatic rings. The van der Waals surface area contributed by atoms with Crippen molar-refractivity contribution in [3.63, 3.8) is 0 Å². The summed E-state index contributed by atoms with van der Waals surface area (Å²) in [6, 6.07) is 4.30. The minimum absolute atomic E-state index is 0.0820. The van der Waals surface area contributed by atoms with E-state index >= 15 is 0 Å². The van der Waals surface area contributed by atoms with Crippen LogP contribution in [0.25, 0.3) is 5.69 Å². The summed E-state index contributed by atoms with van der Waals surface area (Å²) in [6.07, 6.45) is 1.62. The molecule has 10 nitrogen and oxygen atoms in total. The van der Waals surface area contributed by atoms with Crippen molar-refractivity contribution in [3.8, 4) is 11.4 Å². The quantitative estimate of drug-likeness (QED) is 0.405. The average molecular weight is 391 g/mol. The van der Waals surface area contributed by atoms with Crippen LogP contribution < -0.4 is 4.74 Å². The van der Waals surface area contributed by atoms with Crippen molar-refractivity contribution in [3.05, 3.63) is 40.5 Å². The van der Waals surface area contributed by atoms with Crippen LogP contribution in [0.5, 0.6) is 5.75 Å². The first-order valence-corrected chi connectivity index (χ1v) is 8.81. The third-order valence-corrected chi connectivity index (χ3v) is 3.61. The number of aryl methyl sites for hydroxylation is 1. The van der Waals surface area contributed by atoms with Gasteiger partial charge in [0.25, 0.3) is 5.69 Å². The Kier molecular flexibility index (Phi) is 6.55. The molecular weight excluding hydrogens is 366 g/mol. The third kappa shape index (κ3) is 5.93. The highest BCUT2D eigenvalue weighted by atomic mass is 16.6. The van der Waals surface area contributed by atoms with E-state index < -0.39 is 16.6 Å². The lowest BCUT2D eigenvalue weighted by molar-refractivity contribution is -0.384. The number of rotatable bonds is 7. The molecule has 0 atom stereocenters. The summed E-state index contributed by atoms with van der Waals surface area (Å²) in [5, 5.41) is 15.3. The van der Waals surface area contributed by atoms with Gasteiger partial charge in [-0.2, -0.15) is 5.10 Å². The maximum atomic E-state index is 12.0. The SMILES string of the molecule is Cc1ncn(-c2ccc([N+](=O)[O-])cc2OCCCN(C)C(=O)OC(C)(C)C)n1. The summed E-state index contributed by atoms with van der Waals surface area (Å²) >= 11 is 0. The summed E-state index contributed by atoms with van der Waals surface area (Å²) in [7, 11) is 1.64. The Morgan fingerprint density at radius 3 is 2.64 bits per heavy atom. The number of hydrogen-bond donors (Lipinski definition) is 0. The lowest BCUT2D eigenvalue weighted by Crippen LogP contribution is -2.35. The van der Waals surface area contributed by atoms with Crippen molar-refractivity contribution in [2.45, 2.75) is 39.7 Å². The fourth-order valence-electron chi connectivity index (χ4n) is 2.30. The van der Waals surface area contributed by atoms with E-state index in [-0.39, 0.29) is 12.3 Å². The van der Waals surface area contributed by atoms with Crippen molar-refractivity contribution in [2.24, 2.45) is 0 Å². The Bertz CT molecular complexity index is 843. The van der Waals surface area contributed by atoms with Crippen LogP contribution in [0.2, 0.25) is 0 Å². The predicted octanol–water partition coefficient (Wildman–Crippen LogP) is 3.12. The molecule has 0 unspecified atom stereocenters. The van der Waals surface area contributed by atoms with Crippen LogP contribution in [0.4, 0.5) is 10.5 Å². The van der Waals surface area contributed by atoms with E-state index in [4.69, 9.17) is 9.47 Å². The van der Waals surface area contributed by atoms with Gasteiger partial charge in [-0.25, -0.2) is 14.5 Å². The minimum atomic E-state index is -0.560. The standard InChI is InChI=1S/C18H25N5O5/c1-13-19-12-22(20-13)15-8-7-14(23(25)26)11-16(15)27-10-6-9-21(5)17(24)28-18(2,3)4/h7-8,11-12H,6,9-10H2,1-5H3. The summed E-state index contributed by atoms with van der Waals surface area (Å²) < 4.78 is 12.5. The molecule has 0 bridgehead atoms. The van der Waals surface area contributed by atoms with Crippen LogP contribution in [-0.2, 0) is 4.74 Å². The lowest BCUT2D eigenvalue weighted by atomic mass is 10.2. The maximum Gasteiger partial charge on any atom is 0.410 e. The topological polar surface area (TPSA) is 113 Å². The first-order chi connectivity index (χ1) is 13.1. The van der Waals surface area contributed by atoms with Crippen LogP contribution in [0, 0.1) is 17.0 Å². The highest BCUT2D eigenvalue weighted by Gasteiger charge is 2.19. The average Bonchev–Trinajstić information content (AvgIpc) is 3.03. The molecule has 1 aromatic heterocycles.